The fourth-order valence-electron chi connectivity index (χ4n) is 1.80. The number of aliphatic hydroxyl groups is 1. The van der Waals surface area contributed by atoms with Gasteiger partial charge in [0, 0.05) is 12.1 Å². The highest BCUT2D eigenvalue weighted by molar-refractivity contribution is 5.88. The maximum atomic E-state index is 12.7. The zero-order chi connectivity index (χ0) is 17.7. The minimum Gasteiger partial charge on any atom is -0.392 e. The Balaban J connectivity index is 2.08. The zero-order valence-electron chi connectivity index (χ0n) is 12.6. The van der Waals surface area contributed by atoms with Gasteiger partial charge in [0.15, 0.2) is 5.82 Å². The van der Waals surface area contributed by atoms with E-state index in [9.17, 15) is 18.0 Å². The van der Waals surface area contributed by atoms with Crippen molar-refractivity contribution in [2.45, 2.75) is 19.2 Å². The molecule has 9 heteroatoms. The first kappa shape index (κ1) is 17.7. The highest BCUT2D eigenvalue weighted by Crippen LogP contribution is 2.31. The number of hydrogen-bond donors (Lipinski definition) is 3. The van der Waals surface area contributed by atoms with Crippen molar-refractivity contribution in [3.8, 4) is 11.3 Å². The minimum atomic E-state index is -4.44. The fourth-order valence-corrected chi connectivity index (χ4v) is 1.80. The maximum Gasteiger partial charge on any atom is 0.416 e. The van der Waals surface area contributed by atoms with Crippen LogP contribution in [0.1, 0.15) is 12.5 Å². The molecule has 0 saturated heterocycles. The summed E-state index contributed by atoms with van der Waals surface area (Å²) in [6.07, 6.45) is -2.63. The van der Waals surface area contributed by atoms with Gasteiger partial charge in [-0.3, -0.25) is 10.3 Å². The van der Waals surface area contributed by atoms with Crippen molar-refractivity contribution in [1.29, 1.82) is 0 Å². The lowest BCUT2D eigenvalue weighted by Crippen LogP contribution is -2.34. The molecule has 1 heterocycles. The summed E-state index contributed by atoms with van der Waals surface area (Å²) in [5.41, 5.74) is -0.264. The van der Waals surface area contributed by atoms with Crippen molar-refractivity contribution in [2.24, 2.45) is 0 Å². The molecule has 0 saturated carbocycles. The van der Waals surface area contributed by atoms with Crippen LogP contribution in [0.3, 0.4) is 0 Å². The number of carbonyl (C=O) groups is 1. The lowest BCUT2D eigenvalue weighted by Gasteiger charge is -2.10. The number of anilines is 1. The molecule has 1 unspecified atom stereocenters. The van der Waals surface area contributed by atoms with Crippen molar-refractivity contribution in [1.82, 2.24) is 15.3 Å². The topological polar surface area (TPSA) is 87.1 Å². The van der Waals surface area contributed by atoms with Crippen LogP contribution in [0.15, 0.2) is 36.7 Å². The van der Waals surface area contributed by atoms with E-state index in [1.807, 2.05) is 0 Å². The molecule has 0 bridgehead atoms. The third-order valence-corrected chi connectivity index (χ3v) is 2.94. The monoisotopic (exact) mass is 340 g/mol. The SMILES string of the molecule is CC(O)CNC(=O)Nc1cnc(-c2cccc(C(F)(F)F)c2)cn1. The predicted molar refractivity (Wildman–Crippen MR) is 81.2 cm³/mol. The molecule has 2 rings (SSSR count). The van der Waals surface area contributed by atoms with Crippen molar-refractivity contribution in [3.05, 3.63) is 42.2 Å². The summed E-state index contributed by atoms with van der Waals surface area (Å²) in [6, 6.07) is 4.15. The maximum absolute atomic E-state index is 12.7. The number of urea groups is 1. The Kier molecular flexibility index (Phi) is 5.35. The van der Waals surface area contributed by atoms with Crippen molar-refractivity contribution in [2.75, 3.05) is 11.9 Å². The van der Waals surface area contributed by atoms with Gasteiger partial charge in [0.25, 0.3) is 0 Å². The quantitative estimate of drug-likeness (QED) is 0.799. The largest absolute Gasteiger partial charge is 0.416 e. The van der Waals surface area contributed by atoms with Gasteiger partial charge in [-0.1, -0.05) is 12.1 Å². The minimum absolute atomic E-state index is 0.0710. The Morgan fingerprint density at radius 1 is 1.29 bits per heavy atom. The van der Waals surface area contributed by atoms with Crippen LogP contribution in [0.5, 0.6) is 0 Å². The fraction of sp³-hybridized carbons (Fsp3) is 0.267. The molecule has 2 amide bonds. The van der Waals surface area contributed by atoms with Gasteiger partial charge >= 0.3 is 12.2 Å². The third kappa shape index (κ3) is 4.92. The van der Waals surface area contributed by atoms with Crippen LogP contribution < -0.4 is 10.6 Å². The molecule has 0 aliphatic heterocycles. The molecule has 2 aromatic rings. The lowest BCUT2D eigenvalue weighted by molar-refractivity contribution is -0.137. The number of rotatable bonds is 4. The average Bonchev–Trinajstić information content (AvgIpc) is 2.53. The lowest BCUT2D eigenvalue weighted by atomic mass is 10.1. The van der Waals surface area contributed by atoms with E-state index in [1.54, 1.807) is 0 Å². The molecule has 128 valence electrons. The van der Waals surface area contributed by atoms with Crippen molar-refractivity contribution < 1.29 is 23.1 Å². The number of nitrogens with zero attached hydrogens (tertiary/aromatic N) is 2. The molecule has 0 spiro atoms. The molecular formula is C15H15F3N4O2. The molecule has 1 atom stereocenters. The van der Waals surface area contributed by atoms with Crippen LogP contribution in [-0.4, -0.2) is 33.8 Å². The Morgan fingerprint density at radius 3 is 2.62 bits per heavy atom. The average molecular weight is 340 g/mol. The number of carbonyl (C=O) groups excluding carboxylic acids is 1. The Hall–Kier alpha value is -2.68. The predicted octanol–water partition coefficient (Wildman–Crippen LogP) is 2.66. The summed E-state index contributed by atoms with van der Waals surface area (Å²) >= 11 is 0. The molecule has 0 aliphatic carbocycles. The number of aromatic nitrogens is 2. The number of amides is 2. The summed E-state index contributed by atoms with van der Waals surface area (Å²) in [5, 5.41) is 13.9. The van der Waals surface area contributed by atoms with Gasteiger partial charge in [-0.25, -0.2) is 9.78 Å². The normalized spacial score (nSPS) is 12.5. The Morgan fingerprint density at radius 2 is 2.04 bits per heavy atom. The van der Waals surface area contributed by atoms with Crippen LogP contribution in [-0.2, 0) is 6.18 Å². The Bertz CT molecular complexity index is 703. The smallest absolute Gasteiger partial charge is 0.392 e. The van der Waals surface area contributed by atoms with Crippen LogP contribution in [0, 0.1) is 0 Å². The van der Waals surface area contributed by atoms with E-state index in [0.29, 0.717) is 0 Å². The molecule has 1 aromatic carbocycles. The van der Waals surface area contributed by atoms with Gasteiger partial charge < -0.3 is 10.4 Å². The molecule has 6 nitrogen and oxygen atoms in total. The number of aliphatic hydroxyl groups excluding tert-OH is 1. The highest BCUT2D eigenvalue weighted by atomic mass is 19.4. The summed E-state index contributed by atoms with van der Waals surface area (Å²) < 4.78 is 38.1. The van der Waals surface area contributed by atoms with Crippen LogP contribution in [0.2, 0.25) is 0 Å². The molecule has 1 aromatic heterocycles. The summed E-state index contributed by atoms with van der Waals surface area (Å²) in [6.45, 7) is 1.59. The molecule has 3 N–H and O–H groups in total. The number of hydrogen-bond acceptors (Lipinski definition) is 4. The van der Waals surface area contributed by atoms with Crippen LogP contribution in [0.4, 0.5) is 23.8 Å². The van der Waals surface area contributed by atoms with E-state index < -0.39 is 23.9 Å². The summed E-state index contributed by atoms with van der Waals surface area (Å²) in [5.74, 6) is 0.133. The molecule has 0 radical (unpaired) electrons. The zero-order valence-corrected chi connectivity index (χ0v) is 12.6. The Labute approximate surface area is 135 Å². The van der Waals surface area contributed by atoms with E-state index in [4.69, 9.17) is 5.11 Å². The summed E-state index contributed by atoms with van der Waals surface area (Å²) in [7, 11) is 0. The van der Waals surface area contributed by atoms with Crippen molar-refractivity contribution >= 4 is 11.8 Å². The molecule has 0 fully saturated rings. The second-order valence-electron chi connectivity index (χ2n) is 5.05. The van der Waals surface area contributed by atoms with Gasteiger partial charge in [-0.15, -0.1) is 0 Å². The van der Waals surface area contributed by atoms with E-state index in [1.165, 1.54) is 31.5 Å². The highest BCUT2D eigenvalue weighted by Gasteiger charge is 2.30. The van der Waals surface area contributed by atoms with E-state index in [0.717, 1.165) is 12.1 Å². The van der Waals surface area contributed by atoms with Crippen LogP contribution in [0.25, 0.3) is 11.3 Å². The number of halogens is 3. The van der Waals surface area contributed by atoms with Gasteiger partial charge in [0.1, 0.15) is 0 Å². The first-order chi connectivity index (χ1) is 11.3. The first-order valence-corrected chi connectivity index (χ1v) is 6.98. The molecular weight excluding hydrogens is 325 g/mol. The molecule has 24 heavy (non-hydrogen) atoms. The van der Waals surface area contributed by atoms with Gasteiger partial charge in [0.2, 0.25) is 0 Å². The van der Waals surface area contributed by atoms with Crippen molar-refractivity contribution in [3.63, 3.8) is 0 Å². The summed E-state index contributed by atoms with van der Waals surface area (Å²) in [4.78, 5) is 19.4. The second kappa shape index (κ2) is 7.26. The second-order valence-corrected chi connectivity index (χ2v) is 5.05. The number of benzene rings is 1. The van der Waals surface area contributed by atoms with Gasteiger partial charge in [0.05, 0.1) is 29.8 Å². The van der Waals surface area contributed by atoms with E-state index in [2.05, 4.69) is 20.6 Å². The standard InChI is InChI=1S/C15H15F3N4O2/c1-9(23)6-21-14(24)22-13-8-19-12(7-20-13)10-3-2-4-11(5-10)15(16,17)18/h2-5,7-9,23H,6H2,1H3,(H2,20,21,22,24). The third-order valence-electron chi connectivity index (χ3n) is 2.94. The van der Waals surface area contributed by atoms with Crippen LogP contribution >= 0.6 is 0 Å². The number of alkyl halides is 3. The molecule has 0 aliphatic rings. The van der Waals surface area contributed by atoms with Gasteiger partial charge in [-0.2, -0.15) is 13.2 Å². The van der Waals surface area contributed by atoms with Gasteiger partial charge in [-0.05, 0) is 19.1 Å². The number of nitrogens with one attached hydrogen (secondary N) is 2. The van der Waals surface area contributed by atoms with E-state index >= 15 is 0 Å². The van der Waals surface area contributed by atoms with E-state index in [-0.39, 0.29) is 23.6 Å². The first-order valence-electron chi connectivity index (χ1n) is 6.98.